The van der Waals surface area contributed by atoms with Crippen LogP contribution in [0.4, 0.5) is 4.39 Å². The van der Waals surface area contributed by atoms with Gasteiger partial charge in [0.25, 0.3) is 0 Å². The maximum atomic E-state index is 13.5. The fourth-order valence-corrected chi connectivity index (χ4v) is 2.32. The molecular formula is C12H11ClFNO. The van der Waals surface area contributed by atoms with Crippen molar-refractivity contribution in [2.75, 3.05) is 13.2 Å². The van der Waals surface area contributed by atoms with E-state index in [9.17, 15) is 4.39 Å². The van der Waals surface area contributed by atoms with Crippen molar-refractivity contribution in [3.05, 3.63) is 34.1 Å². The zero-order valence-electron chi connectivity index (χ0n) is 8.89. The molecule has 84 valence electrons. The van der Waals surface area contributed by atoms with Crippen molar-refractivity contribution in [2.24, 2.45) is 0 Å². The third kappa shape index (κ3) is 1.68. The highest BCUT2D eigenvalue weighted by Gasteiger charge is 2.42. The molecule has 2 rings (SSSR count). The van der Waals surface area contributed by atoms with E-state index < -0.39 is 5.41 Å². The molecule has 2 nitrogen and oxygen atoms in total. The Kier molecular flexibility index (Phi) is 2.88. The minimum atomic E-state index is -0.416. The third-order valence-corrected chi connectivity index (χ3v) is 3.31. The Morgan fingerprint density at radius 3 is 2.75 bits per heavy atom. The third-order valence-electron chi connectivity index (χ3n) is 2.99. The highest BCUT2D eigenvalue weighted by atomic mass is 35.5. The molecule has 1 fully saturated rings. The fraction of sp³-hybridized carbons (Fsp3) is 0.417. The van der Waals surface area contributed by atoms with E-state index >= 15 is 0 Å². The SMILES string of the molecule is Cc1cc(Cl)c(C2(CC#N)COC2)cc1F. The van der Waals surface area contributed by atoms with E-state index in [1.165, 1.54) is 6.07 Å². The Morgan fingerprint density at radius 2 is 2.25 bits per heavy atom. The minimum absolute atomic E-state index is 0.288. The largest absolute Gasteiger partial charge is 0.379 e. The van der Waals surface area contributed by atoms with Gasteiger partial charge in [0.15, 0.2) is 0 Å². The van der Waals surface area contributed by atoms with Crippen LogP contribution in [-0.4, -0.2) is 13.2 Å². The van der Waals surface area contributed by atoms with Gasteiger partial charge < -0.3 is 4.74 Å². The quantitative estimate of drug-likeness (QED) is 0.795. The van der Waals surface area contributed by atoms with Crippen molar-refractivity contribution in [2.45, 2.75) is 18.8 Å². The number of ether oxygens (including phenoxy) is 1. The van der Waals surface area contributed by atoms with Gasteiger partial charge in [-0.1, -0.05) is 11.6 Å². The molecule has 4 heteroatoms. The Balaban J connectivity index is 2.47. The lowest BCUT2D eigenvalue weighted by Crippen LogP contribution is -2.46. The monoisotopic (exact) mass is 239 g/mol. The molecular weight excluding hydrogens is 229 g/mol. The van der Waals surface area contributed by atoms with Gasteiger partial charge in [-0.05, 0) is 30.2 Å². The first-order valence-corrected chi connectivity index (χ1v) is 5.38. The molecule has 0 atom stereocenters. The molecule has 0 radical (unpaired) electrons. The topological polar surface area (TPSA) is 33.0 Å². The Morgan fingerprint density at radius 1 is 1.56 bits per heavy atom. The van der Waals surface area contributed by atoms with Crippen LogP contribution in [0, 0.1) is 24.1 Å². The van der Waals surface area contributed by atoms with Gasteiger partial charge >= 0.3 is 0 Å². The van der Waals surface area contributed by atoms with Crippen molar-refractivity contribution in [1.29, 1.82) is 5.26 Å². The van der Waals surface area contributed by atoms with Crippen LogP contribution in [0.3, 0.4) is 0 Å². The van der Waals surface area contributed by atoms with E-state index in [4.69, 9.17) is 21.6 Å². The number of aryl methyl sites for hydroxylation is 1. The van der Waals surface area contributed by atoms with E-state index in [2.05, 4.69) is 6.07 Å². The maximum absolute atomic E-state index is 13.5. The first kappa shape index (κ1) is 11.4. The van der Waals surface area contributed by atoms with Crippen molar-refractivity contribution >= 4 is 11.6 Å². The van der Waals surface area contributed by atoms with Crippen LogP contribution in [0.5, 0.6) is 0 Å². The lowest BCUT2D eigenvalue weighted by atomic mass is 9.76. The van der Waals surface area contributed by atoms with E-state index in [-0.39, 0.29) is 5.82 Å². The molecule has 1 aliphatic heterocycles. The van der Waals surface area contributed by atoms with E-state index in [1.54, 1.807) is 13.0 Å². The number of hydrogen-bond acceptors (Lipinski definition) is 2. The van der Waals surface area contributed by atoms with Gasteiger partial charge in [0, 0.05) is 11.4 Å². The summed E-state index contributed by atoms with van der Waals surface area (Å²) < 4.78 is 18.6. The van der Waals surface area contributed by atoms with Gasteiger partial charge in [0.2, 0.25) is 0 Å². The fourth-order valence-electron chi connectivity index (χ4n) is 1.91. The van der Waals surface area contributed by atoms with Crippen LogP contribution in [0.2, 0.25) is 5.02 Å². The van der Waals surface area contributed by atoms with Crippen LogP contribution >= 0.6 is 11.6 Å². The number of halogens is 2. The average Bonchev–Trinajstić information content (AvgIpc) is 2.18. The molecule has 1 aromatic carbocycles. The summed E-state index contributed by atoms with van der Waals surface area (Å²) in [5, 5.41) is 9.31. The highest BCUT2D eigenvalue weighted by molar-refractivity contribution is 6.31. The molecule has 0 spiro atoms. The Labute approximate surface area is 98.6 Å². The number of rotatable bonds is 2. The minimum Gasteiger partial charge on any atom is -0.379 e. The molecule has 0 N–H and O–H groups in total. The summed E-state index contributed by atoms with van der Waals surface area (Å²) in [5.74, 6) is -0.288. The van der Waals surface area contributed by atoms with Crippen LogP contribution in [0.15, 0.2) is 12.1 Å². The van der Waals surface area contributed by atoms with Crippen molar-refractivity contribution in [3.63, 3.8) is 0 Å². The van der Waals surface area contributed by atoms with Crippen LogP contribution in [0.1, 0.15) is 17.5 Å². The second-order valence-electron chi connectivity index (χ2n) is 4.19. The molecule has 0 amide bonds. The number of nitriles is 1. The summed E-state index contributed by atoms with van der Waals surface area (Å²) in [6.45, 7) is 2.53. The average molecular weight is 240 g/mol. The first-order valence-electron chi connectivity index (χ1n) is 5.00. The lowest BCUT2D eigenvalue weighted by molar-refractivity contribution is -0.0577. The van der Waals surface area contributed by atoms with Gasteiger partial charge in [-0.2, -0.15) is 5.26 Å². The van der Waals surface area contributed by atoms with Gasteiger partial charge in [-0.3, -0.25) is 0 Å². The van der Waals surface area contributed by atoms with Crippen molar-refractivity contribution < 1.29 is 9.13 Å². The van der Waals surface area contributed by atoms with Crippen LogP contribution in [-0.2, 0) is 10.2 Å². The lowest BCUT2D eigenvalue weighted by Gasteiger charge is -2.40. The molecule has 1 aromatic rings. The zero-order chi connectivity index (χ0) is 11.8. The molecule has 0 saturated carbocycles. The smallest absolute Gasteiger partial charge is 0.126 e. The van der Waals surface area contributed by atoms with E-state index in [1.807, 2.05) is 0 Å². The van der Waals surface area contributed by atoms with Gasteiger partial charge in [-0.25, -0.2) is 4.39 Å². The summed E-state index contributed by atoms with van der Waals surface area (Å²) in [7, 11) is 0. The normalized spacial score (nSPS) is 17.6. The molecule has 0 aliphatic carbocycles. The number of nitrogens with zero attached hydrogens (tertiary/aromatic N) is 1. The molecule has 0 bridgehead atoms. The van der Waals surface area contributed by atoms with Crippen LogP contribution in [0.25, 0.3) is 0 Å². The molecule has 0 unspecified atom stereocenters. The molecule has 1 saturated heterocycles. The standard InChI is InChI=1S/C12H11ClFNO/c1-8-4-10(13)9(5-11(8)14)12(2-3-15)6-16-7-12/h4-5H,2,6-7H2,1H3. The summed E-state index contributed by atoms with van der Waals surface area (Å²) in [6.07, 6.45) is 0.301. The predicted molar refractivity (Wildman–Crippen MR) is 58.9 cm³/mol. The number of hydrogen-bond donors (Lipinski definition) is 0. The van der Waals surface area contributed by atoms with E-state index in [0.29, 0.717) is 35.8 Å². The van der Waals surface area contributed by atoms with Crippen LogP contribution < -0.4 is 0 Å². The van der Waals surface area contributed by atoms with Gasteiger partial charge in [-0.15, -0.1) is 0 Å². The summed E-state index contributed by atoms with van der Waals surface area (Å²) in [6, 6.07) is 5.14. The molecule has 1 aliphatic rings. The summed E-state index contributed by atoms with van der Waals surface area (Å²) in [5.41, 5.74) is 0.784. The predicted octanol–water partition coefficient (Wildman–Crippen LogP) is 2.97. The Bertz CT molecular complexity index is 463. The summed E-state index contributed by atoms with van der Waals surface area (Å²) in [4.78, 5) is 0. The van der Waals surface area contributed by atoms with Crippen molar-refractivity contribution in [1.82, 2.24) is 0 Å². The number of benzene rings is 1. The highest BCUT2D eigenvalue weighted by Crippen LogP contribution is 2.40. The van der Waals surface area contributed by atoms with Crippen molar-refractivity contribution in [3.8, 4) is 6.07 Å². The Hall–Kier alpha value is -1.11. The zero-order valence-corrected chi connectivity index (χ0v) is 9.64. The van der Waals surface area contributed by atoms with Gasteiger partial charge in [0.1, 0.15) is 5.82 Å². The van der Waals surface area contributed by atoms with Gasteiger partial charge in [0.05, 0.1) is 24.7 Å². The molecule has 1 heterocycles. The second-order valence-corrected chi connectivity index (χ2v) is 4.60. The van der Waals surface area contributed by atoms with E-state index in [0.717, 1.165) is 0 Å². The molecule has 16 heavy (non-hydrogen) atoms. The summed E-state index contributed by atoms with van der Waals surface area (Å²) >= 11 is 6.10. The second kappa shape index (κ2) is 4.04. The maximum Gasteiger partial charge on any atom is 0.126 e. The molecule has 0 aromatic heterocycles. The first-order chi connectivity index (χ1) is 7.59.